The predicted molar refractivity (Wildman–Crippen MR) is 103 cm³/mol. The summed E-state index contributed by atoms with van der Waals surface area (Å²) in [5.74, 6) is 0.882. The van der Waals surface area contributed by atoms with Gasteiger partial charge in [-0.15, -0.1) is 0 Å². The molecule has 1 aromatic heterocycles. The van der Waals surface area contributed by atoms with Gasteiger partial charge in [-0.1, -0.05) is 19.3 Å². The van der Waals surface area contributed by atoms with Crippen LogP contribution in [-0.2, 0) is 20.6 Å². The average Bonchev–Trinajstić information content (AvgIpc) is 3.29. The van der Waals surface area contributed by atoms with Gasteiger partial charge in [-0.05, 0) is 43.1 Å². The highest BCUT2D eigenvalue weighted by Crippen LogP contribution is 2.31. The normalized spacial score (nSPS) is 24.7. The van der Waals surface area contributed by atoms with Crippen molar-refractivity contribution >= 4 is 27.8 Å². The summed E-state index contributed by atoms with van der Waals surface area (Å²) in [6.07, 6.45) is 13.8. The molecular formula is C19H26N4O3S. The van der Waals surface area contributed by atoms with E-state index in [4.69, 9.17) is 0 Å². The zero-order chi connectivity index (χ0) is 18.8. The number of carbonyl (C=O) groups excluding carboxylic acids is 2. The Hall–Kier alpha value is -1.96. The van der Waals surface area contributed by atoms with Crippen molar-refractivity contribution in [1.82, 2.24) is 19.4 Å². The van der Waals surface area contributed by atoms with E-state index in [1.807, 2.05) is 11.1 Å². The molecule has 3 heterocycles. The van der Waals surface area contributed by atoms with Crippen LogP contribution >= 0.6 is 0 Å². The molecule has 2 aliphatic heterocycles. The third kappa shape index (κ3) is 4.15. The molecule has 0 bridgehead atoms. The fourth-order valence-corrected chi connectivity index (χ4v) is 5.22. The predicted octanol–water partition coefficient (Wildman–Crippen LogP) is 2.15. The molecule has 7 nitrogen and oxygen atoms in total. The maximum absolute atomic E-state index is 12.6. The van der Waals surface area contributed by atoms with Crippen molar-refractivity contribution in [2.24, 2.45) is 5.92 Å². The molecule has 1 atom stereocenters. The van der Waals surface area contributed by atoms with Gasteiger partial charge in [0.15, 0.2) is 16.0 Å². The number of hydrogen-bond acceptors (Lipinski definition) is 4. The summed E-state index contributed by atoms with van der Waals surface area (Å²) in [7, 11) is -1.54. The van der Waals surface area contributed by atoms with E-state index >= 15 is 0 Å². The molecule has 1 saturated heterocycles. The van der Waals surface area contributed by atoms with Crippen LogP contribution in [0.1, 0.15) is 62.8 Å². The van der Waals surface area contributed by atoms with E-state index in [0.29, 0.717) is 29.2 Å². The lowest BCUT2D eigenvalue weighted by Crippen LogP contribution is -2.38. The number of rotatable bonds is 4. The molecule has 0 radical (unpaired) electrons. The van der Waals surface area contributed by atoms with Crippen molar-refractivity contribution in [3.8, 4) is 0 Å². The Labute approximate surface area is 161 Å². The van der Waals surface area contributed by atoms with Crippen molar-refractivity contribution in [3.05, 3.63) is 24.0 Å². The number of carbonyl (C=O) groups is 2. The Balaban J connectivity index is 1.32. The number of nitrogens with one attached hydrogen (secondary N) is 1. The van der Waals surface area contributed by atoms with Gasteiger partial charge < -0.3 is 4.90 Å². The average molecular weight is 391 g/mol. The highest BCUT2D eigenvalue weighted by atomic mass is 32.2. The Morgan fingerprint density at radius 1 is 1.19 bits per heavy atom. The van der Waals surface area contributed by atoms with Crippen LogP contribution in [-0.4, -0.2) is 43.8 Å². The second kappa shape index (κ2) is 7.96. The van der Waals surface area contributed by atoms with Gasteiger partial charge in [0.2, 0.25) is 5.91 Å². The molecule has 146 valence electrons. The van der Waals surface area contributed by atoms with Crippen molar-refractivity contribution in [1.29, 1.82) is 0 Å². The first kappa shape index (κ1) is 18.4. The van der Waals surface area contributed by atoms with Crippen molar-refractivity contribution in [3.63, 3.8) is 0 Å². The Morgan fingerprint density at radius 2 is 1.93 bits per heavy atom. The fraction of sp³-hybridized carbons (Fsp3) is 0.632. The van der Waals surface area contributed by atoms with Crippen LogP contribution in [0.2, 0.25) is 0 Å². The van der Waals surface area contributed by atoms with Crippen LogP contribution < -0.4 is 4.72 Å². The van der Waals surface area contributed by atoms with Crippen LogP contribution in [0.25, 0.3) is 5.03 Å². The smallest absolute Gasteiger partial charge is 0.258 e. The van der Waals surface area contributed by atoms with Gasteiger partial charge in [0.1, 0.15) is 0 Å². The minimum Gasteiger partial charge on any atom is -0.343 e. The topological polar surface area (TPSA) is 84.3 Å². The van der Waals surface area contributed by atoms with Gasteiger partial charge in [-0.25, -0.2) is 8.89 Å². The molecule has 8 heteroatoms. The number of hydrogen-bond donors (Lipinski definition) is 1. The molecule has 1 unspecified atom stereocenters. The van der Waals surface area contributed by atoms with E-state index in [0.717, 1.165) is 31.5 Å². The SMILES string of the molecule is O=C1C=C(n2cc(C3CCN(C(=O)CC4CCCCC4)CC3)cn2)S(=O)N1. The lowest BCUT2D eigenvalue weighted by molar-refractivity contribution is -0.133. The quantitative estimate of drug-likeness (QED) is 0.854. The largest absolute Gasteiger partial charge is 0.343 e. The first-order valence-corrected chi connectivity index (χ1v) is 11.0. The standard InChI is InChI=1S/C19H26N4O3S/c24-17-11-19(27(26)21-17)23-13-16(12-20-23)15-6-8-22(9-7-15)18(25)10-14-4-2-1-3-5-14/h11-15H,1-10H2,(H,21,24). The summed E-state index contributed by atoms with van der Waals surface area (Å²) in [6.45, 7) is 1.58. The first-order chi connectivity index (χ1) is 13.1. The molecule has 3 aliphatic rings. The highest BCUT2D eigenvalue weighted by molar-refractivity contribution is 7.93. The van der Waals surface area contributed by atoms with E-state index in [1.165, 1.54) is 42.9 Å². The molecule has 0 aromatic carbocycles. The van der Waals surface area contributed by atoms with Gasteiger partial charge in [0.25, 0.3) is 5.91 Å². The van der Waals surface area contributed by atoms with Gasteiger partial charge in [0.05, 0.1) is 6.20 Å². The summed E-state index contributed by atoms with van der Waals surface area (Å²) in [5.41, 5.74) is 1.08. The molecular weight excluding hydrogens is 364 g/mol. The maximum atomic E-state index is 12.6. The summed E-state index contributed by atoms with van der Waals surface area (Å²) in [5, 5.41) is 4.64. The number of piperidine rings is 1. The third-order valence-corrected chi connectivity index (χ3v) is 7.04. The summed E-state index contributed by atoms with van der Waals surface area (Å²) in [4.78, 5) is 25.9. The number of nitrogens with zero attached hydrogens (tertiary/aromatic N) is 3. The number of aromatic nitrogens is 2. The van der Waals surface area contributed by atoms with E-state index in [-0.39, 0.29) is 5.91 Å². The second-order valence-corrected chi connectivity index (χ2v) is 8.96. The van der Waals surface area contributed by atoms with E-state index in [9.17, 15) is 13.8 Å². The van der Waals surface area contributed by atoms with Gasteiger partial charge in [0, 0.05) is 31.8 Å². The first-order valence-electron chi connectivity index (χ1n) is 9.87. The summed E-state index contributed by atoms with van der Waals surface area (Å²) in [6, 6.07) is 0. The van der Waals surface area contributed by atoms with Crippen LogP contribution in [0.5, 0.6) is 0 Å². The number of likely N-dealkylation sites (tertiary alicyclic amines) is 1. The maximum Gasteiger partial charge on any atom is 0.258 e. The van der Waals surface area contributed by atoms with Gasteiger partial charge in [-0.3, -0.25) is 14.3 Å². The zero-order valence-electron chi connectivity index (χ0n) is 15.4. The lowest BCUT2D eigenvalue weighted by Gasteiger charge is -2.33. The Bertz CT molecular complexity index is 774. The minimum atomic E-state index is -1.54. The van der Waals surface area contributed by atoms with E-state index < -0.39 is 11.0 Å². The Morgan fingerprint density at radius 3 is 2.59 bits per heavy atom. The van der Waals surface area contributed by atoms with Gasteiger partial charge in [-0.2, -0.15) is 5.10 Å². The monoisotopic (exact) mass is 390 g/mol. The van der Waals surface area contributed by atoms with Crippen molar-refractivity contribution < 1.29 is 13.8 Å². The third-order valence-electron chi connectivity index (χ3n) is 5.97. The molecule has 0 spiro atoms. The molecule has 4 rings (SSSR count). The molecule has 27 heavy (non-hydrogen) atoms. The summed E-state index contributed by atoms with van der Waals surface area (Å²) < 4.78 is 15.7. The van der Waals surface area contributed by atoms with Crippen molar-refractivity contribution in [2.45, 2.75) is 57.3 Å². The number of amides is 2. The Kier molecular flexibility index (Phi) is 5.43. The van der Waals surface area contributed by atoms with Crippen LogP contribution in [0.15, 0.2) is 18.5 Å². The molecule has 1 aliphatic carbocycles. The molecule has 2 fully saturated rings. The zero-order valence-corrected chi connectivity index (χ0v) is 16.2. The van der Waals surface area contributed by atoms with E-state index in [1.54, 1.807) is 6.20 Å². The highest BCUT2D eigenvalue weighted by Gasteiger charge is 2.28. The van der Waals surface area contributed by atoms with Gasteiger partial charge >= 0.3 is 0 Å². The minimum absolute atomic E-state index is 0.312. The lowest BCUT2D eigenvalue weighted by atomic mass is 9.86. The van der Waals surface area contributed by atoms with Crippen LogP contribution in [0, 0.1) is 5.92 Å². The molecule has 2 amide bonds. The molecule has 1 aromatic rings. The fourth-order valence-electron chi connectivity index (χ4n) is 4.39. The molecule has 1 saturated carbocycles. The van der Waals surface area contributed by atoms with E-state index in [2.05, 4.69) is 9.82 Å². The van der Waals surface area contributed by atoms with Crippen LogP contribution in [0.3, 0.4) is 0 Å². The second-order valence-electron chi connectivity index (χ2n) is 7.80. The van der Waals surface area contributed by atoms with Crippen molar-refractivity contribution in [2.75, 3.05) is 13.1 Å². The molecule has 1 N–H and O–H groups in total. The summed E-state index contributed by atoms with van der Waals surface area (Å²) >= 11 is 0. The van der Waals surface area contributed by atoms with Crippen LogP contribution in [0.4, 0.5) is 0 Å².